The van der Waals surface area contributed by atoms with Crippen LogP contribution in [-0.2, 0) is 0 Å². The first-order chi connectivity index (χ1) is 11.6. The Bertz CT molecular complexity index is 708. The van der Waals surface area contributed by atoms with Crippen LogP contribution in [-0.4, -0.2) is 24.0 Å². The third kappa shape index (κ3) is 4.40. The van der Waals surface area contributed by atoms with Crippen molar-refractivity contribution in [3.8, 4) is 0 Å². The molecule has 3 rings (SSSR count). The Labute approximate surface area is 151 Å². The Kier molecular flexibility index (Phi) is 5.59. The van der Waals surface area contributed by atoms with Gasteiger partial charge in [0.15, 0.2) is 0 Å². The molecule has 1 amide bonds. The first-order valence-corrected chi connectivity index (χ1v) is 8.85. The second-order valence-corrected chi connectivity index (χ2v) is 6.82. The lowest BCUT2D eigenvalue weighted by molar-refractivity contribution is 0.102. The number of carbonyl (C=O) groups excluding carboxylic acids is 1. The van der Waals surface area contributed by atoms with Crippen LogP contribution >= 0.6 is 23.2 Å². The topological polar surface area (TPSA) is 45.2 Å². The zero-order valence-electron chi connectivity index (χ0n) is 13.3. The van der Waals surface area contributed by atoms with Crippen molar-refractivity contribution in [2.45, 2.75) is 25.7 Å². The van der Waals surface area contributed by atoms with Crippen LogP contribution in [0.3, 0.4) is 0 Å². The maximum atomic E-state index is 12.5. The van der Waals surface area contributed by atoms with Gasteiger partial charge in [0.2, 0.25) is 0 Å². The molecule has 24 heavy (non-hydrogen) atoms. The summed E-state index contributed by atoms with van der Waals surface area (Å²) in [5, 5.41) is 3.78. The van der Waals surface area contributed by atoms with Crippen molar-refractivity contribution in [1.82, 2.24) is 4.98 Å². The molecule has 0 spiro atoms. The maximum absolute atomic E-state index is 12.5. The van der Waals surface area contributed by atoms with Crippen molar-refractivity contribution in [2.24, 2.45) is 0 Å². The highest BCUT2D eigenvalue weighted by atomic mass is 35.5. The van der Waals surface area contributed by atoms with Crippen LogP contribution in [0.4, 0.5) is 11.4 Å². The SMILES string of the molecule is O=C(Nc1cc(Cl)cc(Cl)c1)c1cncc(N2CCCCCC2)c1. The molecule has 0 atom stereocenters. The van der Waals surface area contributed by atoms with Crippen molar-refractivity contribution in [3.05, 3.63) is 52.3 Å². The summed E-state index contributed by atoms with van der Waals surface area (Å²) < 4.78 is 0. The van der Waals surface area contributed by atoms with Gasteiger partial charge in [-0.2, -0.15) is 0 Å². The average Bonchev–Trinajstić information content (AvgIpc) is 2.83. The molecular formula is C18H19Cl2N3O. The molecule has 1 fully saturated rings. The lowest BCUT2D eigenvalue weighted by Gasteiger charge is -2.22. The Morgan fingerprint density at radius 1 is 0.958 bits per heavy atom. The predicted octanol–water partition coefficient (Wildman–Crippen LogP) is 5.02. The van der Waals surface area contributed by atoms with Crippen molar-refractivity contribution < 1.29 is 4.79 Å². The van der Waals surface area contributed by atoms with Crippen molar-refractivity contribution >= 4 is 40.5 Å². The second-order valence-electron chi connectivity index (χ2n) is 5.95. The predicted molar refractivity (Wildman–Crippen MR) is 99.3 cm³/mol. The van der Waals surface area contributed by atoms with Gasteiger partial charge in [-0.3, -0.25) is 9.78 Å². The van der Waals surface area contributed by atoms with E-state index in [1.165, 1.54) is 25.7 Å². The molecule has 1 aliphatic heterocycles. The monoisotopic (exact) mass is 363 g/mol. The smallest absolute Gasteiger partial charge is 0.257 e. The molecule has 4 nitrogen and oxygen atoms in total. The molecule has 1 saturated heterocycles. The van der Waals surface area contributed by atoms with Crippen LogP contribution in [0.15, 0.2) is 36.7 Å². The number of nitrogens with one attached hydrogen (secondary N) is 1. The third-order valence-corrected chi connectivity index (χ3v) is 4.51. The van der Waals surface area contributed by atoms with Gasteiger partial charge in [0.25, 0.3) is 5.91 Å². The van der Waals surface area contributed by atoms with E-state index in [9.17, 15) is 4.79 Å². The van der Waals surface area contributed by atoms with E-state index in [0.29, 0.717) is 21.3 Å². The number of benzene rings is 1. The summed E-state index contributed by atoms with van der Waals surface area (Å²) in [6.45, 7) is 2.02. The summed E-state index contributed by atoms with van der Waals surface area (Å²) in [5.41, 5.74) is 2.08. The lowest BCUT2D eigenvalue weighted by Crippen LogP contribution is -2.24. The molecule has 1 N–H and O–H groups in total. The fourth-order valence-electron chi connectivity index (χ4n) is 2.88. The van der Waals surface area contributed by atoms with E-state index in [1.807, 2.05) is 12.3 Å². The fraction of sp³-hybridized carbons (Fsp3) is 0.333. The van der Waals surface area contributed by atoms with E-state index in [0.717, 1.165) is 18.8 Å². The van der Waals surface area contributed by atoms with E-state index in [2.05, 4.69) is 15.2 Å². The molecule has 0 bridgehead atoms. The number of hydrogen-bond acceptors (Lipinski definition) is 3. The lowest BCUT2D eigenvalue weighted by atomic mass is 10.2. The van der Waals surface area contributed by atoms with Crippen LogP contribution < -0.4 is 10.2 Å². The van der Waals surface area contributed by atoms with Crippen molar-refractivity contribution in [2.75, 3.05) is 23.3 Å². The van der Waals surface area contributed by atoms with Crippen molar-refractivity contribution in [3.63, 3.8) is 0 Å². The second kappa shape index (κ2) is 7.86. The molecule has 1 aromatic carbocycles. The van der Waals surface area contributed by atoms with Gasteiger partial charge < -0.3 is 10.2 Å². The Morgan fingerprint density at radius 3 is 2.29 bits per heavy atom. The van der Waals surface area contributed by atoms with E-state index in [1.54, 1.807) is 24.4 Å². The molecule has 0 unspecified atom stereocenters. The highest BCUT2D eigenvalue weighted by Gasteiger charge is 2.13. The Balaban J connectivity index is 1.76. The normalized spacial score (nSPS) is 15.0. The summed E-state index contributed by atoms with van der Waals surface area (Å²) in [6, 6.07) is 6.84. The zero-order chi connectivity index (χ0) is 16.9. The maximum Gasteiger partial charge on any atom is 0.257 e. The Hall–Kier alpha value is -1.78. The number of anilines is 2. The number of aromatic nitrogens is 1. The highest BCUT2D eigenvalue weighted by Crippen LogP contribution is 2.24. The standard InChI is InChI=1S/C18H19Cl2N3O/c19-14-8-15(20)10-16(9-14)22-18(24)13-7-17(12-21-11-13)23-5-3-1-2-4-6-23/h7-12H,1-6H2,(H,22,24). The molecular weight excluding hydrogens is 345 g/mol. The van der Waals surface area contributed by atoms with Gasteiger partial charge in [0.1, 0.15) is 0 Å². The number of rotatable bonds is 3. The number of carbonyl (C=O) groups is 1. The molecule has 126 valence electrons. The minimum atomic E-state index is -0.225. The average molecular weight is 364 g/mol. The van der Waals surface area contributed by atoms with Crippen LogP contribution in [0.5, 0.6) is 0 Å². The van der Waals surface area contributed by atoms with Crippen LogP contribution in [0.25, 0.3) is 0 Å². The van der Waals surface area contributed by atoms with Gasteiger partial charge in [0, 0.05) is 35.0 Å². The number of amides is 1. The molecule has 1 aliphatic rings. The summed E-state index contributed by atoms with van der Waals surface area (Å²) in [5.74, 6) is -0.225. The minimum Gasteiger partial charge on any atom is -0.370 e. The fourth-order valence-corrected chi connectivity index (χ4v) is 3.41. The third-order valence-electron chi connectivity index (χ3n) is 4.08. The van der Waals surface area contributed by atoms with E-state index in [-0.39, 0.29) is 5.91 Å². The summed E-state index contributed by atoms with van der Waals surface area (Å²) >= 11 is 11.9. The van der Waals surface area contributed by atoms with Crippen LogP contribution in [0.2, 0.25) is 10.0 Å². The molecule has 0 saturated carbocycles. The van der Waals surface area contributed by atoms with Gasteiger partial charge in [-0.1, -0.05) is 36.0 Å². The van der Waals surface area contributed by atoms with Gasteiger partial charge in [-0.15, -0.1) is 0 Å². The number of nitrogens with zero attached hydrogens (tertiary/aromatic N) is 2. The summed E-state index contributed by atoms with van der Waals surface area (Å²) in [4.78, 5) is 19.0. The molecule has 0 aliphatic carbocycles. The number of pyridine rings is 1. The minimum absolute atomic E-state index is 0.225. The number of hydrogen-bond donors (Lipinski definition) is 1. The molecule has 6 heteroatoms. The highest BCUT2D eigenvalue weighted by molar-refractivity contribution is 6.35. The molecule has 0 radical (unpaired) electrons. The molecule has 2 aromatic rings. The van der Waals surface area contributed by atoms with Gasteiger partial charge in [-0.05, 0) is 37.1 Å². The molecule has 1 aromatic heterocycles. The van der Waals surface area contributed by atoms with Crippen LogP contribution in [0.1, 0.15) is 36.0 Å². The largest absolute Gasteiger partial charge is 0.370 e. The Morgan fingerprint density at radius 2 is 1.62 bits per heavy atom. The van der Waals surface area contributed by atoms with E-state index >= 15 is 0 Å². The quantitative estimate of drug-likeness (QED) is 0.832. The van der Waals surface area contributed by atoms with Gasteiger partial charge in [-0.25, -0.2) is 0 Å². The van der Waals surface area contributed by atoms with E-state index in [4.69, 9.17) is 23.2 Å². The van der Waals surface area contributed by atoms with Gasteiger partial charge in [0.05, 0.1) is 17.4 Å². The number of halogens is 2. The van der Waals surface area contributed by atoms with Crippen molar-refractivity contribution in [1.29, 1.82) is 0 Å². The summed E-state index contributed by atoms with van der Waals surface area (Å²) in [7, 11) is 0. The van der Waals surface area contributed by atoms with Crippen LogP contribution in [0, 0.1) is 0 Å². The van der Waals surface area contributed by atoms with Gasteiger partial charge >= 0.3 is 0 Å². The van der Waals surface area contributed by atoms with E-state index < -0.39 is 0 Å². The summed E-state index contributed by atoms with van der Waals surface area (Å²) in [6.07, 6.45) is 8.27. The first-order valence-electron chi connectivity index (χ1n) is 8.09. The first kappa shape index (κ1) is 17.1. The molecule has 2 heterocycles. The zero-order valence-corrected chi connectivity index (χ0v) is 14.8.